The van der Waals surface area contributed by atoms with Crippen LogP contribution in [-0.2, 0) is 10.8 Å². The SMILES string of the molecule is CC(C)CS(=O)CC(=O)c1ccccc1Cl. The van der Waals surface area contributed by atoms with Gasteiger partial charge in [-0.2, -0.15) is 0 Å². The summed E-state index contributed by atoms with van der Waals surface area (Å²) in [6, 6.07) is 6.85. The molecule has 88 valence electrons. The summed E-state index contributed by atoms with van der Waals surface area (Å²) in [5.41, 5.74) is 0.460. The Balaban J connectivity index is 2.66. The van der Waals surface area contributed by atoms with E-state index in [0.717, 1.165) is 0 Å². The minimum absolute atomic E-state index is 0.0575. The van der Waals surface area contributed by atoms with Crippen LogP contribution in [0.25, 0.3) is 0 Å². The highest BCUT2D eigenvalue weighted by Crippen LogP contribution is 2.16. The van der Waals surface area contributed by atoms with E-state index in [0.29, 0.717) is 22.3 Å². The number of carbonyl (C=O) groups excluding carboxylic acids is 1. The van der Waals surface area contributed by atoms with E-state index in [4.69, 9.17) is 11.6 Å². The molecule has 0 saturated heterocycles. The Labute approximate surface area is 103 Å². The van der Waals surface area contributed by atoms with Crippen molar-refractivity contribution >= 4 is 28.2 Å². The summed E-state index contributed by atoms with van der Waals surface area (Å²) in [7, 11) is -1.10. The molecule has 0 saturated carbocycles. The van der Waals surface area contributed by atoms with E-state index in [1.165, 1.54) is 0 Å². The molecule has 0 amide bonds. The van der Waals surface area contributed by atoms with Crippen molar-refractivity contribution in [2.24, 2.45) is 5.92 Å². The van der Waals surface area contributed by atoms with Crippen LogP contribution in [0, 0.1) is 5.92 Å². The molecule has 0 aliphatic carbocycles. The highest BCUT2D eigenvalue weighted by molar-refractivity contribution is 7.85. The Morgan fingerprint density at radius 3 is 2.56 bits per heavy atom. The van der Waals surface area contributed by atoms with Crippen molar-refractivity contribution in [3.8, 4) is 0 Å². The monoisotopic (exact) mass is 258 g/mol. The maximum atomic E-state index is 11.8. The third-order valence-corrected chi connectivity index (χ3v) is 3.94. The molecule has 0 aliphatic heterocycles. The topological polar surface area (TPSA) is 34.1 Å². The third kappa shape index (κ3) is 4.06. The molecule has 1 rings (SSSR count). The molecule has 0 aliphatic rings. The Morgan fingerprint density at radius 1 is 1.38 bits per heavy atom. The van der Waals surface area contributed by atoms with Gasteiger partial charge in [-0.15, -0.1) is 0 Å². The van der Waals surface area contributed by atoms with Gasteiger partial charge in [0.25, 0.3) is 0 Å². The van der Waals surface area contributed by atoms with Gasteiger partial charge in [0.05, 0.1) is 10.8 Å². The molecule has 1 atom stereocenters. The molecule has 0 spiro atoms. The number of hydrogen-bond acceptors (Lipinski definition) is 2. The third-order valence-electron chi connectivity index (χ3n) is 1.99. The first-order chi connectivity index (χ1) is 7.50. The van der Waals surface area contributed by atoms with Crippen molar-refractivity contribution < 1.29 is 9.00 Å². The minimum atomic E-state index is -1.10. The number of carbonyl (C=O) groups is 1. The van der Waals surface area contributed by atoms with Crippen molar-refractivity contribution in [3.63, 3.8) is 0 Å². The van der Waals surface area contributed by atoms with E-state index < -0.39 is 10.8 Å². The number of hydrogen-bond donors (Lipinski definition) is 0. The summed E-state index contributed by atoms with van der Waals surface area (Å²) >= 11 is 5.89. The molecule has 1 aromatic rings. The Bertz CT molecular complexity index is 402. The fraction of sp³-hybridized carbons (Fsp3) is 0.417. The fourth-order valence-corrected chi connectivity index (χ4v) is 2.89. The van der Waals surface area contributed by atoms with Crippen LogP contribution in [0.15, 0.2) is 24.3 Å². The maximum absolute atomic E-state index is 11.8. The number of ketones is 1. The maximum Gasteiger partial charge on any atom is 0.176 e. The average molecular weight is 259 g/mol. The van der Waals surface area contributed by atoms with E-state index >= 15 is 0 Å². The molecule has 0 aromatic heterocycles. The summed E-state index contributed by atoms with van der Waals surface area (Å²) in [5, 5.41) is 0.425. The lowest BCUT2D eigenvalue weighted by molar-refractivity contribution is 0.102. The van der Waals surface area contributed by atoms with Crippen molar-refractivity contribution in [3.05, 3.63) is 34.9 Å². The van der Waals surface area contributed by atoms with Crippen molar-refractivity contribution in [1.82, 2.24) is 0 Å². The van der Waals surface area contributed by atoms with Gasteiger partial charge in [-0.05, 0) is 18.1 Å². The van der Waals surface area contributed by atoms with Crippen LogP contribution in [0.3, 0.4) is 0 Å². The summed E-state index contributed by atoms with van der Waals surface area (Å²) in [5.74, 6) is 0.794. The van der Waals surface area contributed by atoms with Crippen LogP contribution in [0.1, 0.15) is 24.2 Å². The number of Topliss-reactive ketones (excluding diaryl/α,β-unsaturated/α-hetero) is 1. The predicted molar refractivity (Wildman–Crippen MR) is 68.5 cm³/mol. The van der Waals surface area contributed by atoms with Crippen LogP contribution in [0.5, 0.6) is 0 Å². The lowest BCUT2D eigenvalue weighted by Gasteiger charge is -2.05. The van der Waals surface area contributed by atoms with E-state index in [9.17, 15) is 9.00 Å². The molecule has 2 nitrogen and oxygen atoms in total. The van der Waals surface area contributed by atoms with Crippen LogP contribution in [0.4, 0.5) is 0 Å². The number of rotatable bonds is 5. The number of benzene rings is 1. The molecule has 4 heteroatoms. The van der Waals surface area contributed by atoms with E-state index in [1.54, 1.807) is 24.3 Å². The van der Waals surface area contributed by atoms with Gasteiger partial charge in [-0.1, -0.05) is 37.6 Å². The summed E-state index contributed by atoms with van der Waals surface area (Å²) < 4.78 is 11.6. The first kappa shape index (κ1) is 13.4. The Morgan fingerprint density at radius 2 is 2.00 bits per heavy atom. The zero-order valence-corrected chi connectivity index (χ0v) is 11.0. The van der Waals surface area contributed by atoms with E-state index in [2.05, 4.69) is 0 Å². The van der Waals surface area contributed by atoms with Crippen molar-refractivity contribution in [2.75, 3.05) is 11.5 Å². The van der Waals surface area contributed by atoms with Gasteiger partial charge in [0, 0.05) is 22.1 Å². The van der Waals surface area contributed by atoms with Gasteiger partial charge in [0.2, 0.25) is 0 Å². The molecule has 0 N–H and O–H groups in total. The first-order valence-corrected chi connectivity index (χ1v) is 7.00. The fourth-order valence-electron chi connectivity index (χ4n) is 1.34. The van der Waals surface area contributed by atoms with E-state index in [1.807, 2.05) is 13.8 Å². The van der Waals surface area contributed by atoms with Gasteiger partial charge in [-0.25, -0.2) is 0 Å². The second-order valence-corrected chi connectivity index (χ2v) is 5.96. The average Bonchev–Trinajstić information content (AvgIpc) is 2.16. The zero-order valence-electron chi connectivity index (χ0n) is 9.40. The Kier molecular flexibility index (Phi) is 5.16. The second-order valence-electron chi connectivity index (χ2n) is 4.05. The molecular formula is C12H15ClO2S. The first-order valence-electron chi connectivity index (χ1n) is 5.13. The quantitative estimate of drug-likeness (QED) is 0.761. The predicted octanol–water partition coefficient (Wildman–Crippen LogP) is 2.93. The lowest BCUT2D eigenvalue weighted by atomic mass is 10.1. The molecule has 0 bridgehead atoms. The molecule has 1 aromatic carbocycles. The van der Waals surface area contributed by atoms with Crippen LogP contribution in [0.2, 0.25) is 5.02 Å². The van der Waals surface area contributed by atoms with Gasteiger partial charge in [0.1, 0.15) is 0 Å². The van der Waals surface area contributed by atoms with Crippen LogP contribution >= 0.6 is 11.6 Å². The summed E-state index contributed by atoms with van der Waals surface area (Å²) in [6.45, 7) is 3.97. The molecule has 0 heterocycles. The molecule has 0 fully saturated rings. The number of halogens is 1. The normalized spacial score (nSPS) is 12.8. The standard InChI is InChI=1S/C12H15ClO2S/c1-9(2)7-16(15)8-12(14)10-5-3-4-6-11(10)13/h3-6,9H,7-8H2,1-2H3. The molecular weight excluding hydrogens is 244 g/mol. The van der Waals surface area contributed by atoms with Crippen molar-refractivity contribution in [1.29, 1.82) is 0 Å². The highest BCUT2D eigenvalue weighted by Gasteiger charge is 2.13. The van der Waals surface area contributed by atoms with Gasteiger partial charge < -0.3 is 0 Å². The Hall–Kier alpha value is -0.670. The van der Waals surface area contributed by atoms with Crippen LogP contribution < -0.4 is 0 Å². The zero-order chi connectivity index (χ0) is 12.1. The summed E-state index contributed by atoms with van der Waals surface area (Å²) in [6.07, 6.45) is 0. The minimum Gasteiger partial charge on any atom is -0.293 e. The van der Waals surface area contributed by atoms with Crippen molar-refractivity contribution in [2.45, 2.75) is 13.8 Å². The van der Waals surface area contributed by atoms with Gasteiger partial charge in [-0.3, -0.25) is 9.00 Å². The highest BCUT2D eigenvalue weighted by atomic mass is 35.5. The van der Waals surface area contributed by atoms with Gasteiger partial charge >= 0.3 is 0 Å². The largest absolute Gasteiger partial charge is 0.293 e. The van der Waals surface area contributed by atoms with E-state index in [-0.39, 0.29) is 11.5 Å². The molecule has 0 radical (unpaired) electrons. The lowest BCUT2D eigenvalue weighted by Crippen LogP contribution is -2.16. The molecule has 1 unspecified atom stereocenters. The van der Waals surface area contributed by atoms with Crippen LogP contribution in [-0.4, -0.2) is 21.5 Å². The second kappa shape index (κ2) is 6.16. The smallest absolute Gasteiger partial charge is 0.176 e. The molecule has 16 heavy (non-hydrogen) atoms. The summed E-state index contributed by atoms with van der Waals surface area (Å²) in [4.78, 5) is 11.8. The van der Waals surface area contributed by atoms with Gasteiger partial charge in [0.15, 0.2) is 5.78 Å².